The maximum atomic E-state index is 12.2. The minimum absolute atomic E-state index is 0. The maximum Gasteiger partial charge on any atom is 1.00 e. The molecule has 131 heavy (non-hydrogen) atoms. The zero-order valence-corrected chi connectivity index (χ0v) is 93.4. The van der Waals surface area contributed by atoms with Gasteiger partial charge in [0.25, 0.3) is 0 Å². The Hall–Kier alpha value is 4.81. The summed E-state index contributed by atoms with van der Waals surface area (Å²) in [5, 5.41) is 276. The third-order valence-corrected chi connectivity index (χ3v) is 29.0. The number of aliphatic hydroxyl groups is 16. The Balaban J connectivity index is 0.00000830. The number of hydrogen-bond acceptors (Lipinski definition) is 54. The molecule has 30 aliphatic heterocycles. The molecular formula is C70H103Na7O46S8. The van der Waals surface area contributed by atoms with Gasteiger partial charge in [0, 0.05) is 87.8 Å². The first kappa shape index (κ1) is 132. The van der Waals surface area contributed by atoms with Crippen LogP contribution < -0.4 is 243 Å². The molecule has 40 atom stereocenters. The largest absolute Gasteiger partial charge is 1.00 e. The van der Waals surface area contributed by atoms with Gasteiger partial charge in [-0.15, -0.1) is 0 Å². The van der Waals surface area contributed by atoms with Crippen LogP contribution in [0.25, 0.3) is 0 Å². The van der Waals surface area contributed by atoms with Crippen molar-refractivity contribution < 1.29 is 434 Å². The molecule has 714 valence electrons. The van der Waals surface area contributed by atoms with Crippen LogP contribution in [-0.4, -0.2) is 462 Å². The molecule has 0 aromatic rings. The van der Waals surface area contributed by atoms with Gasteiger partial charge in [-0.2, -0.15) is 94.1 Å². The van der Waals surface area contributed by atoms with Gasteiger partial charge in [0.05, 0.1) is 48.8 Å². The normalized spacial score (nSPS) is 40.2. The van der Waals surface area contributed by atoms with Crippen LogP contribution in [0.1, 0.15) is 44.9 Å². The number of rotatable bonds is 37. The van der Waals surface area contributed by atoms with E-state index in [0.717, 1.165) is 94.1 Å². The summed E-state index contributed by atoms with van der Waals surface area (Å²) in [7, 11) is 0. The summed E-state index contributed by atoms with van der Waals surface area (Å²) in [6, 6.07) is 0. The Labute approximate surface area is 940 Å². The van der Waals surface area contributed by atoms with Crippen LogP contribution in [-0.2, 0) is 109 Å². The second-order valence-corrected chi connectivity index (χ2v) is 38.8. The molecule has 0 aromatic carbocycles. The second kappa shape index (κ2) is 65.6. The topological polar surface area (TPSA) is 752 Å². The van der Waals surface area contributed by atoms with Crippen LogP contribution >= 0.6 is 94.1 Å². The Morgan fingerprint density at radius 1 is 0.191 bits per heavy atom. The first-order valence-corrected chi connectivity index (χ1v) is 48.7. The fourth-order valence-corrected chi connectivity index (χ4v) is 21.9. The van der Waals surface area contributed by atoms with Crippen LogP contribution in [0.5, 0.6) is 0 Å². The number of hydrogen-bond donors (Lipinski definition) is 16. The molecule has 0 amide bonds. The minimum Gasteiger partial charge on any atom is -0.550 e. The number of thioether (sulfide) groups is 8. The smallest absolute Gasteiger partial charge is 0.550 e. The molecule has 3 unspecified atom stereocenters. The van der Waals surface area contributed by atoms with Crippen molar-refractivity contribution in [1.29, 1.82) is 0 Å². The molecule has 0 saturated carbocycles. The molecule has 0 spiro atoms. The first-order chi connectivity index (χ1) is 58.9. The fourth-order valence-electron chi connectivity index (χ4n) is 14.5. The molecule has 30 saturated heterocycles. The summed E-state index contributed by atoms with van der Waals surface area (Å²) in [6.07, 6.45) is -84.0. The van der Waals surface area contributed by atoms with Crippen LogP contribution in [0.2, 0.25) is 0 Å². The van der Waals surface area contributed by atoms with Crippen molar-refractivity contribution >= 4 is 136 Å². The van der Waals surface area contributed by atoms with Crippen LogP contribution in [0.3, 0.4) is 0 Å². The number of carbonyl (C=O) groups excluding carboxylic acids is 7. The standard InChI is InChI=1S/C70H110O46S8.7Na/c1-117-16-24-55-39(85)47(93)63(101-24)110-56-25(17-118-9-2-32(71)72)103-65(49(95)41(56)87)112-58-27(19-120-11-4-34(75)76)105-67(51(97)43(58)89)114-60-29(21-122-13-6-36(79)80)107-69(53(99)45(60)91)116-62-31(23-124-15-8-38(83)84)108-70(54(100)46(62)92)115-61-30(22-123-14-7-37(81)82)106-68(52(98)44(61)90)113-59-28(20-121-12-5-35(77)78)104-66(50(96)42(59)88)111-57-26(18-119-10-3-33(73)74)102-64(109-55)48(94)40(57)86;;;;;;;/h24-31,39-70,85-100H,2-23H2,1H3,(H,71,72)(H,73,74)(H,75,76)(H,77,78)(H,79,80)(H,81,82)(H,83,84);;;;;;;/q;7*+1/p-7/t24-,25-,26-,27-,28-,29-,30-,31-,39-,40-,41-,42?,43?,44-,45-,46-,47-,48-,49-,50-,51-,52-,53-,54-,55-,56-,57-,58-,59-,60-,61-,62-,63-,64-,65-,66-,67-,68-,69?,70-;;;;;;;/m1......./s1. The Bertz CT molecular complexity index is 3230. The maximum absolute atomic E-state index is 12.2. The van der Waals surface area contributed by atoms with Crippen LogP contribution in [0.4, 0.5) is 0 Å². The molecule has 16 N–H and O–H groups in total. The number of carbonyl (C=O) groups is 7. The summed E-state index contributed by atoms with van der Waals surface area (Å²) >= 11 is 6.98. The van der Waals surface area contributed by atoms with E-state index < -0.39 is 361 Å². The van der Waals surface area contributed by atoms with Gasteiger partial charge in [0.15, 0.2) is 50.3 Å². The third kappa shape index (κ3) is 38.4. The minimum atomic E-state index is -2.35. The summed E-state index contributed by atoms with van der Waals surface area (Å²) < 4.78 is 99.6. The van der Waals surface area contributed by atoms with Crippen molar-refractivity contribution in [2.24, 2.45) is 0 Å². The first-order valence-electron chi connectivity index (χ1n) is 39.2. The van der Waals surface area contributed by atoms with Gasteiger partial charge < -0.3 is 227 Å². The Kier molecular flexibility index (Phi) is 66.0. The molecule has 16 bridgehead atoms. The average molecular weight is 2100 g/mol. The Morgan fingerprint density at radius 2 is 0.298 bits per heavy atom. The second-order valence-electron chi connectivity index (χ2n) is 29.8. The van der Waals surface area contributed by atoms with Gasteiger partial charge in [-0.05, 0) is 91.5 Å². The van der Waals surface area contributed by atoms with Gasteiger partial charge >= 0.3 is 207 Å². The van der Waals surface area contributed by atoms with Gasteiger partial charge in [-0.3, -0.25) is 0 Å². The third-order valence-electron chi connectivity index (χ3n) is 20.9. The predicted octanol–water partition coefficient (Wildman–Crippen LogP) is -37.8. The van der Waals surface area contributed by atoms with Gasteiger partial charge in [0.2, 0.25) is 0 Å². The van der Waals surface area contributed by atoms with E-state index in [1.807, 2.05) is 0 Å². The van der Waals surface area contributed by atoms with E-state index >= 15 is 0 Å². The van der Waals surface area contributed by atoms with Crippen molar-refractivity contribution in [3.63, 3.8) is 0 Å². The summed E-state index contributed by atoms with van der Waals surface area (Å²) in [6.45, 7) is 0. The fraction of sp³-hybridized carbons (Fsp3) is 0.900. The summed E-state index contributed by atoms with van der Waals surface area (Å²) in [5.41, 5.74) is 0. The van der Waals surface area contributed by atoms with Crippen molar-refractivity contribution in [1.82, 2.24) is 0 Å². The molecule has 46 nitrogen and oxygen atoms in total. The number of ether oxygens (including phenoxy) is 16. The van der Waals surface area contributed by atoms with E-state index in [0.29, 0.717) is 0 Å². The van der Waals surface area contributed by atoms with E-state index in [4.69, 9.17) is 75.8 Å². The van der Waals surface area contributed by atoms with Crippen molar-refractivity contribution in [3.8, 4) is 0 Å². The zero-order valence-electron chi connectivity index (χ0n) is 72.8. The van der Waals surface area contributed by atoms with Crippen LogP contribution in [0, 0.1) is 0 Å². The summed E-state index contributed by atoms with van der Waals surface area (Å²) in [4.78, 5) is 81.5. The molecule has 30 heterocycles. The molecule has 0 radical (unpaired) electrons. The van der Waals surface area contributed by atoms with E-state index in [1.165, 1.54) is 0 Å². The van der Waals surface area contributed by atoms with Gasteiger partial charge in [-0.25, -0.2) is 0 Å². The van der Waals surface area contributed by atoms with E-state index in [1.54, 1.807) is 6.26 Å². The number of aliphatic hydroxyl groups excluding tert-OH is 16. The molecule has 61 heteroatoms. The summed E-state index contributed by atoms with van der Waals surface area (Å²) in [5.74, 6) is -15.0. The zero-order chi connectivity index (χ0) is 90.7. The number of carboxylic acids is 7. The number of carboxylic acid groups (broad SMARTS) is 7. The van der Waals surface area contributed by atoms with Gasteiger partial charge in [-0.1, -0.05) is 0 Å². The molecule has 0 aromatic heterocycles. The van der Waals surface area contributed by atoms with Crippen molar-refractivity contribution in [2.45, 2.75) is 291 Å². The van der Waals surface area contributed by atoms with Crippen LogP contribution in [0.15, 0.2) is 0 Å². The quantitative estimate of drug-likeness (QED) is 0.0203. The molecule has 30 rings (SSSR count). The number of aliphatic carboxylic acids is 7. The Morgan fingerprint density at radius 3 is 0.397 bits per heavy atom. The average Bonchev–Trinajstić information content (AvgIpc) is 0.770. The van der Waals surface area contributed by atoms with Gasteiger partial charge in [0.1, 0.15) is 146 Å². The molecule has 0 aliphatic carbocycles. The van der Waals surface area contributed by atoms with E-state index in [9.17, 15) is 151 Å². The molecule has 30 aliphatic rings. The SMILES string of the molecule is CSC[C@H]1O[C@@H]2O[C@H]3[C@H](O)[C@@H](O)[C@H](O[C@@H]3CSCCC(=O)[O-])O[C@H]3C(O)[C@@H](O)[C@@H](O[C@H]4[C@H](O)[C@@H](O)C(O[C@H]5[C@H](O)[C@@H](O)[C@@H](O[C@H]6[C@H](O)[C@@H](O)[C@H](O[C@@H]6CSCCC(=O)[O-])O[C@H]6C(O)[C@@H](O)[C@@H](O[C@H]7[C@H](O)[C@@H](O)[C@@H](O[C@H]1[C@H](O)[C@H]2O)O[C@@H]7CSCCC(=O)[O-])O[C@@H]6CSCCC(=O)[O-])O[C@@H]5CSCCC(=O)[O-])O[C@@H]4CSCCC(=O)[O-])O[C@@H]3CSCCC(=O)[O-].[Na+].[Na+].[Na+].[Na+].[Na+].[Na+].[Na+]. The van der Waals surface area contributed by atoms with E-state index in [2.05, 4.69) is 0 Å². The van der Waals surface area contributed by atoms with E-state index in [-0.39, 0.29) is 264 Å². The predicted molar refractivity (Wildman–Crippen MR) is 411 cm³/mol. The van der Waals surface area contributed by atoms with Crippen molar-refractivity contribution in [2.75, 3.05) is 92.5 Å². The van der Waals surface area contributed by atoms with Crippen molar-refractivity contribution in [3.05, 3.63) is 0 Å². The molecule has 30 fully saturated rings. The molecular weight excluding hydrogens is 1990 g/mol. The monoisotopic (exact) mass is 2100 g/mol.